The monoisotopic (exact) mass is 717 g/mol. The van der Waals surface area contributed by atoms with Gasteiger partial charge in [-0.25, -0.2) is 29.1 Å². The van der Waals surface area contributed by atoms with Crippen molar-refractivity contribution in [2.24, 2.45) is 0 Å². The molecule has 2 saturated heterocycles. The molecule has 2 fully saturated rings. The van der Waals surface area contributed by atoms with E-state index in [9.17, 15) is 18.7 Å². The number of morpholine rings is 2. The van der Waals surface area contributed by atoms with Crippen LogP contribution < -0.4 is 22.3 Å². The van der Waals surface area contributed by atoms with E-state index in [-0.39, 0.29) is 38.4 Å². The van der Waals surface area contributed by atoms with Crippen molar-refractivity contribution in [3.8, 4) is 0 Å². The van der Waals surface area contributed by atoms with Gasteiger partial charge in [-0.2, -0.15) is 0 Å². The lowest BCUT2D eigenvalue weighted by molar-refractivity contribution is -0.130. The quantitative estimate of drug-likeness (QED) is 0.146. The average molecular weight is 718 g/mol. The molecule has 0 amide bonds. The van der Waals surface area contributed by atoms with Gasteiger partial charge >= 0.3 is 12.4 Å². The van der Waals surface area contributed by atoms with Crippen LogP contribution in [0.5, 0.6) is 0 Å². The zero-order valence-corrected chi connectivity index (χ0v) is 29.4. The van der Waals surface area contributed by atoms with Crippen molar-refractivity contribution in [2.75, 3.05) is 79.6 Å². The predicted molar refractivity (Wildman–Crippen MR) is 176 cm³/mol. The molecule has 0 radical (unpaired) electrons. The van der Waals surface area contributed by atoms with Crippen molar-refractivity contribution in [1.82, 2.24) is 48.6 Å². The van der Waals surface area contributed by atoms with E-state index in [4.69, 9.17) is 24.3 Å². The number of aromatic nitrogens is 6. The molecule has 0 spiro atoms. The SMILES string of the molecule is Cc1cn([C@H]2CN(CP(=O)(OC[C@@H]3CNC[C@H](n4cnc5c(N)ncnc54)O3)N(C)C)C[C@@H](COP(=O)(S)N(C)C)O2)c(=O)[nH]c1=O. The molecule has 2 unspecified atom stereocenters. The first kappa shape index (κ1) is 35.8. The van der Waals surface area contributed by atoms with Crippen LogP contribution in [-0.4, -0.2) is 129 Å². The van der Waals surface area contributed by atoms with Gasteiger partial charge in [0.2, 0.25) is 0 Å². The number of hydrogen-bond donors (Lipinski definition) is 4. The minimum atomic E-state index is -3.52. The first-order chi connectivity index (χ1) is 22.2. The van der Waals surface area contributed by atoms with Crippen LogP contribution in [0.15, 0.2) is 28.4 Å². The van der Waals surface area contributed by atoms with Gasteiger partial charge in [0, 0.05) is 37.9 Å². The second-order valence-electron chi connectivity index (χ2n) is 11.7. The normalized spacial score (nSPS) is 25.3. The van der Waals surface area contributed by atoms with Gasteiger partial charge in [-0.3, -0.25) is 32.9 Å². The Kier molecular flexibility index (Phi) is 11.1. The highest BCUT2D eigenvalue weighted by Crippen LogP contribution is 2.54. The van der Waals surface area contributed by atoms with E-state index < -0.39 is 50.2 Å². The van der Waals surface area contributed by atoms with Gasteiger partial charge in [0.25, 0.3) is 13.1 Å². The summed E-state index contributed by atoms with van der Waals surface area (Å²) in [6.07, 6.45) is 1.81. The molecule has 22 heteroatoms. The molecule has 0 aliphatic carbocycles. The molecule has 5 rings (SSSR count). The summed E-state index contributed by atoms with van der Waals surface area (Å²) < 4.78 is 57.2. The summed E-state index contributed by atoms with van der Waals surface area (Å²) in [5.41, 5.74) is 6.08. The number of nitrogen functional groups attached to an aromatic ring is 1. The molecular formula is C25H41N11O8P2S. The highest BCUT2D eigenvalue weighted by Gasteiger charge is 2.38. The van der Waals surface area contributed by atoms with Crippen molar-refractivity contribution >= 4 is 43.5 Å². The van der Waals surface area contributed by atoms with Crippen LogP contribution in [0, 0.1) is 6.92 Å². The van der Waals surface area contributed by atoms with Crippen molar-refractivity contribution in [1.29, 1.82) is 0 Å². The molecule has 4 N–H and O–H groups in total. The Balaban J connectivity index is 1.31. The number of rotatable bonds is 12. The number of anilines is 1. The molecule has 0 aromatic carbocycles. The standard InChI is InChI=1S/C25H41N11O8P2S/c1-16-8-35(25(38)31-24(16)37)20-10-34(9-18(44-20)12-42-46(40,47)33(4)5)15-45(39,32(2)3)41-11-17-6-27-7-19(43-17)36-14-30-21-22(26)28-13-29-23(21)36/h8,13-14,17-20,27H,6-7,9-12,15H2,1-5H3,(H,40,47)(H2,26,28,29)(H,31,37,38)/t17-,18-,19+,20+,45?,46?/m0/s1. The van der Waals surface area contributed by atoms with Crippen molar-refractivity contribution in [2.45, 2.75) is 31.6 Å². The number of thiol groups is 1. The first-order valence-corrected chi connectivity index (χ1v) is 19.2. The maximum absolute atomic E-state index is 14.4. The number of nitrogens with zero attached hydrogens (tertiary/aromatic N) is 8. The summed E-state index contributed by atoms with van der Waals surface area (Å²) in [4.78, 5) is 41.5. The second-order valence-corrected chi connectivity index (χ2v) is 17.9. The number of aromatic amines is 1. The fraction of sp³-hybridized carbons (Fsp3) is 0.640. The summed E-state index contributed by atoms with van der Waals surface area (Å²) >= 11 is 4.15. The molecule has 19 nitrogen and oxygen atoms in total. The summed E-state index contributed by atoms with van der Waals surface area (Å²) in [7, 11) is 2.96. The highest BCUT2D eigenvalue weighted by molar-refractivity contribution is 8.45. The van der Waals surface area contributed by atoms with E-state index >= 15 is 0 Å². The molecule has 3 aromatic heterocycles. The molecular weight excluding hydrogens is 676 g/mol. The number of ether oxygens (including phenoxy) is 2. The zero-order valence-electron chi connectivity index (χ0n) is 26.8. The summed E-state index contributed by atoms with van der Waals surface area (Å²) in [6.45, 7) is -0.658. The van der Waals surface area contributed by atoms with Crippen LogP contribution in [-0.2, 0) is 27.7 Å². The largest absolute Gasteiger partial charge is 0.382 e. The fourth-order valence-electron chi connectivity index (χ4n) is 5.11. The molecule has 6 atom stereocenters. The molecule has 0 bridgehead atoms. The Hall–Kier alpha value is -2.48. The number of hydrogen-bond acceptors (Lipinski definition) is 14. The Morgan fingerprint density at radius 3 is 2.45 bits per heavy atom. The lowest BCUT2D eigenvalue weighted by atomic mass is 10.2. The zero-order chi connectivity index (χ0) is 34.1. The van der Waals surface area contributed by atoms with Crippen LogP contribution in [0.3, 0.4) is 0 Å². The predicted octanol–water partition coefficient (Wildman–Crippen LogP) is 0.298. The number of nitrogens with one attached hydrogen (secondary N) is 2. The van der Waals surface area contributed by atoms with Crippen molar-refractivity contribution < 1.29 is 27.7 Å². The summed E-state index contributed by atoms with van der Waals surface area (Å²) in [5.74, 6) is 0.265. The maximum Gasteiger partial charge on any atom is 0.330 e. The van der Waals surface area contributed by atoms with Crippen LogP contribution >= 0.6 is 26.5 Å². The van der Waals surface area contributed by atoms with Crippen molar-refractivity contribution in [3.05, 3.63) is 45.3 Å². The van der Waals surface area contributed by atoms with Crippen LogP contribution in [0.25, 0.3) is 11.2 Å². The average Bonchev–Trinajstić information content (AvgIpc) is 3.46. The minimum absolute atomic E-state index is 0.00721. The van der Waals surface area contributed by atoms with Gasteiger partial charge in [0.1, 0.15) is 18.1 Å². The number of H-pyrrole nitrogens is 1. The van der Waals surface area contributed by atoms with E-state index in [0.717, 1.165) is 0 Å². The third kappa shape index (κ3) is 8.22. The third-order valence-corrected chi connectivity index (χ3v) is 13.2. The third-order valence-electron chi connectivity index (χ3n) is 7.80. The fourth-order valence-corrected chi connectivity index (χ4v) is 7.61. The molecule has 0 saturated carbocycles. The Bertz CT molecular complexity index is 1790. The van der Waals surface area contributed by atoms with E-state index in [1.165, 1.54) is 26.4 Å². The topological polar surface area (TPSA) is 217 Å². The van der Waals surface area contributed by atoms with Gasteiger partial charge in [-0.1, -0.05) is 12.2 Å². The van der Waals surface area contributed by atoms with E-state index in [0.29, 0.717) is 29.8 Å². The lowest BCUT2D eigenvalue weighted by Gasteiger charge is -2.41. The Labute approximate surface area is 275 Å². The molecule has 2 aliphatic rings. The molecule has 3 aromatic rings. The van der Waals surface area contributed by atoms with Gasteiger partial charge in [0.05, 0.1) is 38.0 Å². The Morgan fingerprint density at radius 2 is 1.72 bits per heavy atom. The number of aryl methyl sites for hydroxylation is 1. The van der Waals surface area contributed by atoms with Gasteiger partial charge in [-0.15, -0.1) is 0 Å². The van der Waals surface area contributed by atoms with Gasteiger partial charge in [0.15, 0.2) is 17.7 Å². The minimum Gasteiger partial charge on any atom is -0.382 e. The van der Waals surface area contributed by atoms with Gasteiger partial charge in [-0.05, 0) is 35.1 Å². The van der Waals surface area contributed by atoms with E-state index in [1.807, 2.05) is 4.90 Å². The molecule has 47 heavy (non-hydrogen) atoms. The lowest BCUT2D eigenvalue weighted by Crippen LogP contribution is -2.50. The first-order valence-electron chi connectivity index (χ1n) is 14.7. The van der Waals surface area contributed by atoms with Crippen molar-refractivity contribution in [3.63, 3.8) is 0 Å². The maximum atomic E-state index is 14.4. The summed E-state index contributed by atoms with van der Waals surface area (Å²) in [6, 6.07) is 0. The highest BCUT2D eigenvalue weighted by atomic mass is 32.7. The number of fused-ring (bicyclic) bond motifs is 1. The Morgan fingerprint density at radius 1 is 1.00 bits per heavy atom. The van der Waals surface area contributed by atoms with Crippen LogP contribution in [0.1, 0.15) is 18.0 Å². The van der Waals surface area contributed by atoms with Gasteiger partial charge < -0.3 is 29.6 Å². The number of imidazole rings is 1. The number of nitrogens with two attached hydrogens (primary N) is 1. The smallest absolute Gasteiger partial charge is 0.330 e. The van der Waals surface area contributed by atoms with Crippen LogP contribution in [0.2, 0.25) is 0 Å². The molecule has 5 heterocycles. The van der Waals surface area contributed by atoms with E-state index in [1.54, 1.807) is 46.0 Å². The van der Waals surface area contributed by atoms with Crippen LogP contribution in [0.4, 0.5) is 5.82 Å². The summed E-state index contributed by atoms with van der Waals surface area (Å²) in [5, 5.41) is 3.31. The second kappa shape index (κ2) is 14.6. The molecule has 260 valence electrons. The van der Waals surface area contributed by atoms with E-state index in [2.05, 4.69) is 37.5 Å². The molecule has 2 aliphatic heterocycles.